The molecule has 0 aromatic rings. The van der Waals surface area contributed by atoms with Crippen molar-refractivity contribution in [2.24, 2.45) is 17.6 Å². The molecular formula is C14H27NO4. The van der Waals surface area contributed by atoms with E-state index in [0.29, 0.717) is 44.9 Å². The van der Waals surface area contributed by atoms with Crippen LogP contribution in [0, 0.1) is 11.8 Å². The number of primary amides is 1. The molecule has 0 heterocycles. The van der Waals surface area contributed by atoms with E-state index in [1.165, 1.54) is 0 Å². The zero-order valence-corrected chi connectivity index (χ0v) is 12.0. The minimum Gasteiger partial charge on any atom is -0.481 e. The van der Waals surface area contributed by atoms with Crippen molar-refractivity contribution in [3.8, 4) is 0 Å². The predicted octanol–water partition coefficient (Wildman–Crippen LogP) is 1.92. The molecule has 5 heteroatoms. The summed E-state index contributed by atoms with van der Waals surface area (Å²) in [5.41, 5.74) is 5.25. The first-order valence-electron chi connectivity index (χ1n) is 7.08. The van der Waals surface area contributed by atoms with E-state index in [1.807, 2.05) is 6.92 Å². The number of aliphatic hydroxyl groups is 1. The molecule has 0 aliphatic heterocycles. The minimum absolute atomic E-state index is 0.146. The third-order valence-corrected chi connectivity index (χ3v) is 3.52. The molecule has 0 aromatic carbocycles. The van der Waals surface area contributed by atoms with E-state index >= 15 is 0 Å². The van der Waals surface area contributed by atoms with E-state index in [0.717, 1.165) is 0 Å². The smallest absolute Gasteiger partial charge is 0.306 e. The van der Waals surface area contributed by atoms with Crippen LogP contribution in [0.3, 0.4) is 0 Å². The normalized spacial score (nSPS) is 15.7. The molecule has 4 N–H and O–H groups in total. The molecular weight excluding hydrogens is 246 g/mol. The second kappa shape index (κ2) is 9.78. The monoisotopic (exact) mass is 273 g/mol. The van der Waals surface area contributed by atoms with Gasteiger partial charge in [-0.2, -0.15) is 0 Å². The van der Waals surface area contributed by atoms with Gasteiger partial charge >= 0.3 is 5.97 Å². The predicted molar refractivity (Wildman–Crippen MR) is 73.5 cm³/mol. The molecule has 0 rings (SSSR count). The van der Waals surface area contributed by atoms with Gasteiger partial charge in [-0.1, -0.05) is 19.8 Å². The highest BCUT2D eigenvalue weighted by atomic mass is 16.4. The van der Waals surface area contributed by atoms with E-state index in [-0.39, 0.29) is 23.8 Å². The third-order valence-electron chi connectivity index (χ3n) is 3.52. The summed E-state index contributed by atoms with van der Waals surface area (Å²) >= 11 is 0. The maximum atomic E-state index is 11.1. The first-order chi connectivity index (χ1) is 8.88. The maximum Gasteiger partial charge on any atom is 0.306 e. The molecule has 0 fully saturated rings. The first-order valence-corrected chi connectivity index (χ1v) is 7.08. The topological polar surface area (TPSA) is 101 Å². The van der Waals surface area contributed by atoms with Crippen LogP contribution in [-0.2, 0) is 9.59 Å². The number of aliphatic hydroxyl groups excluding tert-OH is 1. The zero-order valence-electron chi connectivity index (χ0n) is 12.0. The molecule has 0 aliphatic carbocycles. The van der Waals surface area contributed by atoms with Crippen molar-refractivity contribution in [2.45, 2.75) is 64.9 Å². The van der Waals surface area contributed by atoms with Crippen molar-refractivity contribution in [3.63, 3.8) is 0 Å². The molecule has 5 nitrogen and oxygen atoms in total. The summed E-state index contributed by atoms with van der Waals surface area (Å²) in [5.74, 6) is -1.63. The lowest BCUT2D eigenvalue weighted by Gasteiger charge is -2.15. The van der Waals surface area contributed by atoms with E-state index < -0.39 is 5.97 Å². The van der Waals surface area contributed by atoms with E-state index in [4.69, 9.17) is 15.9 Å². The maximum absolute atomic E-state index is 11.1. The average molecular weight is 273 g/mol. The Balaban J connectivity index is 4.01. The van der Waals surface area contributed by atoms with Gasteiger partial charge in [-0.25, -0.2) is 0 Å². The second-order valence-electron chi connectivity index (χ2n) is 5.25. The van der Waals surface area contributed by atoms with Crippen LogP contribution in [-0.4, -0.2) is 28.2 Å². The molecule has 0 saturated carbocycles. The molecule has 1 amide bonds. The van der Waals surface area contributed by atoms with Crippen molar-refractivity contribution >= 4 is 11.9 Å². The van der Waals surface area contributed by atoms with E-state index in [1.54, 1.807) is 6.92 Å². The molecule has 3 atom stereocenters. The van der Waals surface area contributed by atoms with E-state index in [2.05, 4.69) is 0 Å². The van der Waals surface area contributed by atoms with Crippen LogP contribution in [0.4, 0.5) is 0 Å². The number of amides is 1. The van der Waals surface area contributed by atoms with Crippen LogP contribution in [0.25, 0.3) is 0 Å². The molecule has 19 heavy (non-hydrogen) atoms. The highest BCUT2D eigenvalue weighted by molar-refractivity contribution is 5.76. The van der Waals surface area contributed by atoms with Gasteiger partial charge in [-0.15, -0.1) is 0 Å². The SMILES string of the molecule is CCC(CCCC(CCCC(C)O)C(=O)O)C(N)=O. The fraction of sp³-hybridized carbons (Fsp3) is 0.857. The molecule has 112 valence electrons. The molecule has 0 bridgehead atoms. The Bertz CT molecular complexity index is 279. The van der Waals surface area contributed by atoms with Crippen LogP contribution >= 0.6 is 0 Å². The van der Waals surface area contributed by atoms with Crippen LogP contribution in [0.5, 0.6) is 0 Å². The van der Waals surface area contributed by atoms with Crippen molar-refractivity contribution in [3.05, 3.63) is 0 Å². The van der Waals surface area contributed by atoms with Crippen molar-refractivity contribution in [1.29, 1.82) is 0 Å². The molecule has 0 radical (unpaired) electrons. The number of hydrogen-bond donors (Lipinski definition) is 3. The Labute approximate surface area is 115 Å². The quantitative estimate of drug-likeness (QED) is 0.535. The average Bonchev–Trinajstić information content (AvgIpc) is 2.31. The Morgan fingerprint density at radius 2 is 1.53 bits per heavy atom. The summed E-state index contributed by atoms with van der Waals surface area (Å²) in [6.07, 6.45) is 4.17. The van der Waals surface area contributed by atoms with Gasteiger partial charge in [0.1, 0.15) is 0 Å². The lowest BCUT2D eigenvalue weighted by Crippen LogP contribution is -2.23. The highest BCUT2D eigenvalue weighted by Gasteiger charge is 2.19. The number of carbonyl (C=O) groups excluding carboxylic acids is 1. The highest BCUT2D eigenvalue weighted by Crippen LogP contribution is 2.20. The lowest BCUT2D eigenvalue weighted by molar-refractivity contribution is -0.142. The number of carboxylic acids is 1. The number of carboxylic acid groups (broad SMARTS) is 1. The second-order valence-corrected chi connectivity index (χ2v) is 5.25. The third kappa shape index (κ3) is 8.59. The Morgan fingerprint density at radius 3 is 1.89 bits per heavy atom. The number of hydrogen-bond acceptors (Lipinski definition) is 3. The van der Waals surface area contributed by atoms with Gasteiger partial charge in [-0.05, 0) is 39.0 Å². The fourth-order valence-corrected chi connectivity index (χ4v) is 2.21. The summed E-state index contributed by atoms with van der Waals surface area (Å²) in [7, 11) is 0. The molecule has 0 aliphatic rings. The van der Waals surface area contributed by atoms with Crippen molar-refractivity contribution in [1.82, 2.24) is 0 Å². The molecule has 0 aromatic heterocycles. The van der Waals surface area contributed by atoms with Crippen LogP contribution in [0.1, 0.15) is 58.8 Å². The summed E-state index contributed by atoms with van der Waals surface area (Å²) in [4.78, 5) is 22.2. The Morgan fingerprint density at radius 1 is 1.05 bits per heavy atom. The van der Waals surface area contributed by atoms with Crippen molar-refractivity contribution in [2.75, 3.05) is 0 Å². The van der Waals surface area contributed by atoms with Crippen molar-refractivity contribution < 1.29 is 19.8 Å². The zero-order chi connectivity index (χ0) is 14.8. The lowest BCUT2D eigenvalue weighted by atomic mass is 9.91. The van der Waals surface area contributed by atoms with Gasteiger partial charge in [0, 0.05) is 5.92 Å². The minimum atomic E-state index is -0.794. The summed E-state index contributed by atoms with van der Waals surface area (Å²) < 4.78 is 0. The Hall–Kier alpha value is -1.10. The van der Waals surface area contributed by atoms with E-state index in [9.17, 15) is 9.59 Å². The number of aliphatic carboxylic acids is 1. The van der Waals surface area contributed by atoms with Crippen LogP contribution in [0.15, 0.2) is 0 Å². The van der Waals surface area contributed by atoms with Crippen LogP contribution < -0.4 is 5.73 Å². The Kier molecular flexibility index (Phi) is 9.21. The molecule has 3 unspecified atom stereocenters. The molecule has 0 saturated heterocycles. The van der Waals surface area contributed by atoms with Gasteiger partial charge in [0.15, 0.2) is 0 Å². The number of carbonyl (C=O) groups is 2. The van der Waals surface area contributed by atoms with Gasteiger partial charge in [0.05, 0.1) is 12.0 Å². The van der Waals surface area contributed by atoms with Gasteiger partial charge in [0.2, 0.25) is 5.91 Å². The summed E-state index contributed by atoms with van der Waals surface area (Å²) in [6.45, 7) is 3.61. The number of rotatable bonds is 11. The summed E-state index contributed by atoms with van der Waals surface area (Å²) in [5, 5.41) is 18.3. The standard InChI is InChI=1S/C14H27NO4/c1-3-11(13(15)17)7-5-9-12(14(18)19)8-4-6-10(2)16/h10-12,16H,3-9H2,1-2H3,(H2,15,17)(H,18,19). The van der Waals surface area contributed by atoms with Crippen LogP contribution in [0.2, 0.25) is 0 Å². The molecule has 0 spiro atoms. The van der Waals surface area contributed by atoms with Gasteiger partial charge in [-0.3, -0.25) is 9.59 Å². The fourth-order valence-electron chi connectivity index (χ4n) is 2.21. The largest absolute Gasteiger partial charge is 0.481 e. The first kappa shape index (κ1) is 17.9. The number of nitrogens with two attached hydrogens (primary N) is 1. The van der Waals surface area contributed by atoms with Gasteiger partial charge < -0.3 is 15.9 Å². The van der Waals surface area contributed by atoms with Gasteiger partial charge in [0.25, 0.3) is 0 Å². The summed E-state index contributed by atoms with van der Waals surface area (Å²) in [6, 6.07) is 0.